The van der Waals surface area contributed by atoms with Crippen LogP contribution in [0.2, 0.25) is 0 Å². The van der Waals surface area contributed by atoms with Gasteiger partial charge < -0.3 is 19.9 Å². The van der Waals surface area contributed by atoms with Gasteiger partial charge in [-0.15, -0.1) is 0 Å². The summed E-state index contributed by atoms with van der Waals surface area (Å²) in [6, 6.07) is 9.46. The van der Waals surface area contributed by atoms with Crippen LogP contribution in [-0.4, -0.2) is 37.1 Å². The van der Waals surface area contributed by atoms with Gasteiger partial charge in [0.2, 0.25) is 0 Å². The van der Waals surface area contributed by atoms with E-state index in [1.165, 1.54) is 0 Å². The zero-order valence-electron chi connectivity index (χ0n) is 12.9. The van der Waals surface area contributed by atoms with E-state index in [1.54, 1.807) is 7.05 Å². The van der Waals surface area contributed by atoms with Gasteiger partial charge in [0.1, 0.15) is 6.79 Å². The van der Waals surface area contributed by atoms with Gasteiger partial charge in [0.15, 0.2) is 6.10 Å². The molecule has 0 aliphatic carbocycles. The maximum atomic E-state index is 11.3. The number of ether oxygens (including phenoxy) is 2. The third-order valence-corrected chi connectivity index (χ3v) is 3.15. The molecular weight excluding hydrogens is 270 g/mol. The molecule has 0 heterocycles. The summed E-state index contributed by atoms with van der Waals surface area (Å²) in [6.45, 7) is 4.47. The molecule has 5 nitrogen and oxygen atoms in total. The quantitative estimate of drug-likeness (QED) is 0.512. The molecule has 1 unspecified atom stereocenters. The van der Waals surface area contributed by atoms with Crippen LogP contribution in [0.1, 0.15) is 25.8 Å². The monoisotopic (exact) mass is 295 g/mol. The number of benzene rings is 1. The molecule has 0 radical (unpaired) electrons. The van der Waals surface area contributed by atoms with Crippen molar-refractivity contribution >= 4 is 5.97 Å². The van der Waals surface area contributed by atoms with Crippen molar-refractivity contribution in [3.8, 4) is 0 Å². The van der Waals surface area contributed by atoms with Crippen molar-refractivity contribution in [2.24, 2.45) is 5.92 Å². The molecular formula is C16H25NO4. The lowest BCUT2D eigenvalue weighted by Crippen LogP contribution is -2.45. The van der Waals surface area contributed by atoms with Gasteiger partial charge in [0.25, 0.3) is 0 Å². The van der Waals surface area contributed by atoms with Crippen molar-refractivity contribution in [3.05, 3.63) is 35.9 Å². The summed E-state index contributed by atoms with van der Waals surface area (Å²) >= 11 is 0. The van der Waals surface area contributed by atoms with E-state index in [1.807, 2.05) is 30.3 Å². The molecule has 0 bridgehead atoms. The van der Waals surface area contributed by atoms with Crippen molar-refractivity contribution in [2.75, 3.05) is 13.8 Å². The molecule has 2 atom stereocenters. The second kappa shape index (κ2) is 9.50. The summed E-state index contributed by atoms with van der Waals surface area (Å²) < 4.78 is 10.8. The van der Waals surface area contributed by atoms with E-state index < -0.39 is 12.1 Å². The standard InChI is InChI=1S/C16H25NO4/c1-12(2)9-14(17-3)15(16(18)19)21-11-20-10-13-7-5-4-6-8-13/h4-8,12,14-15,17H,9-11H2,1-3H3,(H,18,19)/t14-,15?/m0/s1. The van der Waals surface area contributed by atoms with Crippen LogP contribution in [0.25, 0.3) is 0 Å². The van der Waals surface area contributed by atoms with Crippen LogP contribution in [0.3, 0.4) is 0 Å². The summed E-state index contributed by atoms with van der Waals surface area (Å²) in [4.78, 5) is 11.3. The highest BCUT2D eigenvalue weighted by atomic mass is 16.7. The molecule has 0 saturated carbocycles. The first kappa shape index (κ1) is 17.6. The lowest BCUT2D eigenvalue weighted by Gasteiger charge is -2.25. The molecule has 0 saturated heterocycles. The average Bonchev–Trinajstić information content (AvgIpc) is 2.45. The Morgan fingerprint density at radius 2 is 1.95 bits per heavy atom. The van der Waals surface area contributed by atoms with Gasteiger partial charge in [-0.05, 0) is 24.9 Å². The molecule has 1 aromatic carbocycles. The van der Waals surface area contributed by atoms with Crippen molar-refractivity contribution in [1.29, 1.82) is 0 Å². The Bertz CT molecular complexity index is 408. The molecule has 21 heavy (non-hydrogen) atoms. The highest BCUT2D eigenvalue weighted by Crippen LogP contribution is 2.11. The van der Waals surface area contributed by atoms with Crippen molar-refractivity contribution in [2.45, 2.75) is 39.0 Å². The summed E-state index contributed by atoms with van der Waals surface area (Å²) in [7, 11) is 1.75. The number of hydrogen-bond donors (Lipinski definition) is 2. The predicted molar refractivity (Wildman–Crippen MR) is 80.9 cm³/mol. The Morgan fingerprint density at radius 3 is 2.48 bits per heavy atom. The van der Waals surface area contributed by atoms with E-state index in [9.17, 15) is 9.90 Å². The largest absolute Gasteiger partial charge is 0.479 e. The number of carboxylic acid groups (broad SMARTS) is 1. The summed E-state index contributed by atoms with van der Waals surface area (Å²) in [6.07, 6.45) is -0.181. The maximum absolute atomic E-state index is 11.3. The number of rotatable bonds is 10. The molecule has 0 amide bonds. The maximum Gasteiger partial charge on any atom is 0.334 e. The first-order valence-corrected chi connectivity index (χ1v) is 7.18. The van der Waals surface area contributed by atoms with E-state index in [4.69, 9.17) is 9.47 Å². The Hall–Kier alpha value is -1.43. The fourth-order valence-electron chi connectivity index (χ4n) is 2.12. The SMILES string of the molecule is CN[C@@H](CC(C)C)C(OCOCc1ccccc1)C(=O)O. The molecule has 0 aliphatic heterocycles. The van der Waals surface area contributed by atoms with Crippen LogP contribution in [0.15, 0.2) is 30.3 Å². The number of hydrogen-bond acceptors (Lipinski definition) is 4. The van der Waals surface area contributed by atoms with Gasteiger partial charge in [-0.2, -0.15) is 0 Å². The topological polar surface area (TPSA) is 67.8 Å². The van der Waals surface area contributed by atoms with Crippen molar-refractivity contribution < 1.29 is 19.4 Å². The molecule has 1 rings (SSSR count). The lowest BCUT2D eigenvalue weighted by molar-refractivity contribution is -0.165. The minimum absolute atomic E-state index is 0.0395. The van der Waals surface area contributed by atoms with E-state index in [-0.39, 0.29) is 12.8 Å². The molecule has 0 aliphatic rings. The Kier molecular flexibility index (Phi) is 7.97. The second-order valence-corrected chi connectivity index (χ2v) is 5.40. The van der Waals surface area contributed by atoms with Crippen molar-refractivity contribution in [1.82, 2.24) is 5.32 Å². The molecule has 0 fully saturated rings. The molecule has 0 spiro atoms. The second-order valence-electron chi connectivity index (χ2n) is 5.40. The Morgan fingerprint density at radius 1 is 1.29 bits per heavy atom. The van der Waals surface area contributed by atoms with Crippen molar-refractivity contribution in [3.63, 3.8) is 0 Å². The van der Waals surface area contributed by atoms with Crippen LogP contribution >= 0.6 is 0 Å². The molecule has 118 valence electrons. The Labute approximate surface area is 126 Å². The summed E-state index contributed by atoms with van der Waals surface area (Å²) in [5, 5.41) is 12.3. The van der Waals surface area contributed by atoms with Gasteiger partial charge in [0, 0.05) is 6.04 Å². The summed E-state index contributed by atoms with van der Waals surface area (Å²) in [5.41, 5.74) is 1.03. The van der Waals surface area contributed by atoms with Crippen LogP contribution in [0, 0.1) is 5.92 Å². The zero-order chi connectivity index (χ0) is 15.7. The zero-order valence-corrected chi connectivity index (χ0v) is 12.9. The van der Waals surface area contributed by atoms with Crippen LogP contribution in [-0.2, 0) is 20.9 Å². The Balaban J connectivity index is 2.42. The third kappa shape index (κ3) is 6.71. The molecule has 5 heteroatoms. The first-order valence-electron chi connectivity index (χ1n) is 7.18. The number of carboxylic acids is 1. The average molecular weight is 295 g/mol. The fourth-order valence-corrected chi connectivity index (χ4v) is 2.12. The van der Waals surface area contributed by atoms with Gasteiger partial charge >= 0.3 is 5.97 Å². The number of carbonyl (C=O) groups is 1. The highest BCUT2D eigenvalue weighted by molar-refractivity contribution is 5.73. The molecule has 1 aromatic rings. The van der Waals surface area contributed by atoms with Gasteiger partial charge in [0.05, 0.1) is 6.61 Å². The number of nitrogens with one attached hydrogen (secondary N) is 1. The minimum atomic E-state index is -0.974. The van der Waals surface area contributed by atoms with Gasteiger partial charge in [-0.25, -0.2) is 4.79 Å². The number of likely N-dealkylation sites (N-methyl/N-ethyl adjacent to an activating group) is 1. The fraction of sp³-hybridized carbons (Fsp3) is 0.562. The number of aliphatic carboxylic acids is 1. The van der Waals surface area contributed by atoms with Gasteiger partial charge in [-0.1, -0.05) is 44.2 Å². The summed E-state index contributed by atoms with van der Waals surface area (Å²) in [5.74, 6) is -0.587. The third-order valence-electron chi connectivity index (χ3n) is 3.15. The van der Waals surface area contributed by atoms with Crippen LogP contribution < -0.4 is 5.32 Å². The highest BCUT2D eigenvalue weighted by Gasteiger charge is 2.28. The lowest BCUT2D eigenvalue weighted by atomic mass is 9.99. The smallest absolute Gasteiger partial charge is 0.334 e. The van der Waals surface area contributed by atoms with Crippen LogP contribution in [0.4, 0.5) is 0 Å². The van der Waals surface area contributed by atoms with E-state index in [0.717, 1.165) is 12.0 Å². The first-order chi connectivity index (χ1) is 10.0. The normalized spacial score (nSPS) is 14.1. The van der Waals surface area contributed by atoms with Gasteiger partial charge in [-0.3, -0.25) is 0 Å². The van der Waals surface area contributed by atoms with E-state index in [0.29, 0.717) is 12.5 Å². The van der Waals surface area contributed by atoms with Crippen LogP contribution in [0.5, 0.6) is 0 Å². The molecule has 0 aromatic heterocycles. The van der Waals surface area contributed by atoms with E-state index >= 15 is 0 Å². The minimum Gasteiger partial charge on any atom is -0.479 e. The molecule has 2 N–H and O–H groups in total. The van der Waals surface area contributed by atoms with E-state index in [2.05, 4.69) is 19.2 Å². The predicted octanol–water partition coefficient (Wildman–Crippen LogP) is 2.26.